The minimum absolute atomic E-state index is 0.0714. The Morgan fingerprint density at radius 3 is 2.88 bits per heavy atom. The summed E-state index contributed by atoms with van der Waals surface area (Å²) in [5.41, 5.74) is 1.15. The van der Waals surface area contributed by atoms with Crippen molar-refractivity contribution in [3.05, 3.63) is 53.0 Å². The van der Waals surface area contributed by atoms with Crippen LogP contribution in [0.2, 0.25) is 0 Å². The average molecular weight is 344 g/mol. The van der Waals surface area contributed by atoms with Crippen LogP contribution in [0, 0.1) is 6.92 Å². The quantitative estimate of drug-likeness (QED) is 0.751. The molecular formula is C19H24N2O4. The van der Waals surface area contributed by atoms with E-state index in [1.165, 1.54) is 11.1 Å². The third-order valence-corrected chi connectivity index (χ3v) is 4.32. The van der Waals surface area contributed by atoms with Gasteiger partial charge in [-0.15, -0.1) is 0 Å². The summed E-state index contributed by atoms with van der Waals surface area (Å²) in [4.78, 5) is 11.9. The molecule has 0 spiro atoms. The van der Waals surface area contributed by atoms with Gasteiger partial charge >= 0.3 is 6.03 Å². The van der Waals surface area contributed by atoms with Crippen LogP contribution in [-0.2, 0) is 18.4 Å². The van der Waals surface area contributed by atoms with E-state index < -0.39 is 5.60 Å². The lowest BCUT2D eigenvalue weighted by Crippen LogP contribution is -2.43. The Kier molecular flexibility index (Phi) is 4.99. The first-order valence-corrected chi connectivity index (χ1v) is 8.50. The number of fused-ring (bicyclic) bond motifs is 1. The number of carbonyl (C=O) groups excluding carboxylic acids is 1. The summed E-state index contributed by atoms with van der Waals surface area (Å²) in [6, 6.07) is 9.32. The number of furan rings is 1. The maximum atomic E-state index is 11.9. The third-order valence-electron chi connectivity index (χ3n) is 4.32. The van der Waals surface area contributed by atoms with Crippen molar-refractivity contribution in [2.75, 3.05) is 19.7 Å². The summed E-state index contributed by atoms with van der Waals surface area (Å²) < 4.78 is 10.9. The van der Waals surface area contributed by atoms with Crippen LogP contribution in [0.25, 0.3) is 0 Å². The Morgan fingerprint density at radius 1 is 1.28 bits per heavy atom. The molecule has 0 fully saturated rings. The zero-order valence-electron chi connectivity index (χ0n) is 14.6. The lowest BCUT2D eigenvalue weighted by molar-refractivity contribution is 0.0360. The van der Waals surface area contributed by atoms with Crippen LogP contribution in [0.15, 0.2) is 34.7 Å². The Hall–Kier alpha value is -2.47. The fourth-order valence-corrected chi connectivity index (χ4v) is 2.84. The molecule has 134 valence electrons. The lowest BCUT2D eigenvalue weighted by atomic mass is 10.0. The van der Waals surface area contributed by atoms with Crippen molar-refractivity contribution in [3.63, 3.8) is 0 Å². The summed E-state index contributed by atoms with van der Waals surface area (Å²) in [6.07, 6.45) is 1.69. The van der Waals surface area contributed by atoms with Crippen LogP contribution in [0.1, 0.15) is 29.6 Å². The van der Waals surface area contributed by atoms with Crippen LogP contribution < -0.4 is 15.4 Å². The maximum Gasteiger partial charge on any atom is 0.314 e. The molecule has 0 saturated heterocycles. The molecule has 0 radical (unpaired) electrons. The topological polar surface area (TPSA) is 83.7 Å². The third kappa shape index (κ3) is 4.33. The summed E-state index contributed by atoms with van der Waals surface area (Å²) in [5, 5.41) is 15.9. The Labute approximate surface area is 147 Å². The first kappa shape index (κ1) is 17.4. The fourth-order valence-electron chi connectivity index (χ4n) is 2.84. The molecular weight excluding hydrogens is 320 g/mol. The highest BCUT2D eigenvalue weighted by atomic mass is 16.5. The summed E-state index contributed by atoms with van der Waals surface area (Å²) in [7, 11) is 0. The van der Waals surface area contributed by atoms with E-state index in [1.54, 1.807) is 19.1 Å². The van der Waals surface area contributed by atoms with Gasteiger partial charge in [0.15, 0.2) is 0 Å². The number of rotatable bonds is 6. The van der Waals surface area contributed by atoms with Gasteiger partial charge in [0.05, 0.1) is 13.2 Å². The number of hydrogen-bond acceptors (Lipinski definition) is 4. The van der Waals surface area contributed by atoms with Crippen molar-refractivity contribution >= 4 is 6.03 Å². The summed E-state index contributed by atoms with van der Waals surface area (Å²) in [5.74, 6) is 2.12. The molecule has 1 aromatic carbocycles. The highest BCUT2D eigenvalue weighted by Crippen LogP contribution is 2.26. The van der Waals surface area contributed by atoms with Crippen molar-refractivity contribution in [3.8, 4) is 5.75 Å². The van der Waals surface area contributed by atoms with Gasteiger partial charge in [-0.3, -0.25) is 0 Å². The number of benzene rings is 1. The van der Waals surface area contributed by atoms with E-state index in [1.807, 2.05) is 19.1 Å². The van der Waals surface area contributed by atoms with Gasteiger partial charge in [-0.05, 0) is 49.6 Å². The number of hydrogen-bond donors (Lipinski definition) is 3. The smallest absolute Gasteiger partial charge is 0.314 e. The van der Waals surface area contributed by atoms with Gasteiger partial charge in [0.2, 0.25) is 0 Å². The molecule has 3 N–H and O–H groups in total. The zero-order valence-corrected chi connectivity index (χ0v) is 14.6. The molecule has 2 heterocycles. The van der Waals surface area contributed by atoms with Gasteiger partial charge < -0.3 is 24.9 Å². The van der Waals surface area contributed by atoms with Crippen molar-refractivity contribution in [2.45, 2.75) is 32.3 Å². The molecule has 2 amide bonds. The second-order valence-corrected chi connectivity index (χ2v) is 6.58. The van der Waals surface area contributed by atoms with Gasteiger partial charge in [0.1, 0.15) is 22.9 Å². The normalized spacial score (nSPS) is 15.2. The van der Waals surface area contributed by atoms with Crippen molar-refractivity contribution in [1.29, 1.82) is 0 Å². The molecule has 6 nitrogen and oxygen atoms in total. The van der Waals surface area contributed by atoms with Crippen LogP contribution >= 0.6 is 0 Å². The Balaban J connectivity index is 1.42. The molecule has 1 aliphatic rings. The SMILES string of the molecule is Cc1ccc([C@@](C)(O)CNC(=O)NCCc2ccc3c(c2)CCO3)o1. The molecule has 25 heavy (non-hydrogen) atoms. The van der Waals surface area contributed by atoms with E-state index >= 15 is 0 Å². The first-order valence-electron chi connectivity index (χ1n) is 8.50. The van der Waals surface area contributed by atoms with Crippen molar-refractivity contribution in [1.82, 2.24) is 10.6 Å². The predicted octanol–water partition coefficient (Wildman–Crippen LogP) is 2.27. The van der Waals surface area contributed by atoms with Gasteiger partial charge in [-0.1, -0.05) is 12.1 Å². The summed E-state index contributed by atoms with van der Waals surface area (Å²) >= 11 is 0. The van der Waals surface area contributed by atoms with Crippen molar-refractivity contribution < 1.29 is 19.1 Å². The van der Waals surface area contributed by atoms with Gasteiger partial charge in [0.25, 0.3) is 0 Å². The average Bonchev–Trinajstić information content (AvgIpc) is 3.21. The first-order chi connectivity index (χ1) is 11.9. The van der Waals surface area contributed by atoms with Gasteiger partial charge in [-0.2, -0.15) is 0 Å². The van der Waals surface area contributed by atoms with E-state index in [2.05, 4.69) is 16.7 Å². The summed E-state index contributed by atoms with van der Waals surface area (Å²) in [6.45, 7) is 4.76. The standard InChI is InChI=1S/C19H24N2O4/c1-13-3-6-17(25-13)19(2,23)12-21-18(22)20-9-7-14-4-5-16-15(11-14)8-10-24-16/h3-6,11,23H,7-10,12H2,1-2H3,(H2,20,21,22)/t19-/m0/s1. The van der Waals surface area contributed by atoms with Gasteiger partial charge in [0, 0.05) is 13.0 Å². The molecule has 0 unspecified atom stereocenters. The van der Waals surface area contributed by atoms with E-state index in [0.29, 0.717) is 12.3 Å². The molecule has 1 atom stereocenters. The maximum absolute atomic E-state index is 11.9. The minimum atomic E-state index is -1.24. The van der Waals surface area contributed by atoms with E-state index in [-0.39, 0.29) is 12.6 Å². The number of ether oxygens (including phenoxy) is 1. The molecule has 3 rings (SSSR count). The molecule has 1 aliphatic heterocycles. The van der Waals surface area contributed by atoms with Gasteiger partial charge in [-0.25, -0.2) is 4.79 Å². The van der Waals surface area contributed by atoms with Crippen LogP contribution in [0.3, 0.4) is 0 Å². The molecule has 0 bridgehead atoms. The molecule has 1 aromatic heterocycles. The monoisotopic (exact) mass is 344 g/mol. The fraction of sp³-hybridized carbons (Fsp3) is 0.421. The number of aryl methyl sites for hydroxylation is 1. The molecule has 2 aromatic rings. The number of carbonyl (C=O) groups is 1. The largest absolute Gasteiger partial charge is 0.493 e. The second-order valence-electron chi connectivity index (χ2n) is 6.58. The molecule has 6 heteroatoms. The molecule has 0 aliphatic carbocycles. The number of aliphatic hydroxyl groups is 1. The number of urea groups is 1. The Bertz CT molecular complexity index is 752. The highest BCUT2D eigenvalue weighted by Gasteiger charge is 2.27. The van der Waals surface area contributed by atoms with E-state index in [4.69, 9.17) is 9.15 Å². The zero-order chi connectivity index (χ0) is 17.9. The van der Waals surface area contributed by atoms with Crippen LogP contribution in [-0.4, -0.2) is 30.8 Å². The van der Waals surface area contributed by atoms with E-state index in [0.717, 1.165) is 31.0 Å². The second kappa shape index (κ2) is 7.19. The molecule has 0 saturated carbocycles. The number of nitrogens with one attached hydrogen (secondary N) is 2. The minimum Gasteiger partial charge on any atom is -0.493 e. The van der Waals surface area contributed by atoms with Crippen molar-refractivity contribution in [2.24, 2.45) is 0 Å². The number of amides is 2. The lowest BCUT2D eigenvalue weighted by Gasteiger charge is -2.21. The highest BCUT2D eigenvalue weighted by molar-refractivity contribution is 5.73. The van der Waals surface area contributed by atoms with Crippen LogP contribution in [0.4, 0.5) is 4.79 Å². The van der Waals surface area contributed by atoms with Crippen LogP contribution in [0.5, 0.6) is 5.75 Å². The Morgan fingerprint density at radius 2 is 2.12 bits per heavy atom. The predicted molar refractivity (Wildman–Crippen MR) is 93.8 cm³/mol. The van der Waals surface area contributed by atoms with E-state index in [9.17, 15) is 9.90 Å².